The lowest BCUT2D eigenvalue weighted by atomic mass is 10.1. The molecular weight excluding hydrogens is 276 g/mol. The average molecular weight is 302 g/mol. The van der Waals surface area contributed by atoms with Gasteiger partial charge < -0.3 is 5.32 Å². The summed E-state index contributed by atoms with van der Waals surface area (Å²) in [6, 6.07) is 10.6. The Bertz CT molecular complexity index is 531. The van der Waals surface area contributed by atoms with Gasteiger partial charge in [-0.2, -0.15) is 0 Å². The summed E-state index contributed by atoms with van der Waals surface area (Å²) in [5.74, 6) is 0.658. The Kier molecular flexibility index (Phi) is 6.40. The lowest BCUT2D eigenvalue weighted by Gasteiger charge is -2.04. The molecule has 0 unspecified atom stereocenters. The second-order valence-electron chi connectivity index (χ2n) is 5.84. The molecule has 0 bridgehead atoms. The molecule has 0 aliphatic rings. The van der Waals surface area contributed by atoms with Crippen molar-refractivity contribution < 1.29 is 0 Å². The first-order valence-corrected chi connectivity index (χ1v) is 8.77. The normalized spacial score (nSPS) is 11.2. The smallest absolute Gasteiger partial charge is 0.0938 e. The number of aromatic nitrogens is 1. The fraction of sp³-hybridized carbons (Fsp3) is 0.500. The third-order valence-electron chi connectivity index (χ3n) is 3.33. The van der Waals surface area contributed by atoms with E-state index in [4.69, 9.17) is 4.98 Å². The highest BCUT2D eigenvalue weighted by Crippen LogP contribution is 2.29. The summed E-state index contributed by atoms with van der Waals surface area (Å²) < 4.78 is 0. The van der Waals surface area contributed by atoms with Crippen LogP contribution in [-0.2, 0) is 12.8 Å². The number of hydrogen-bond acceptors (Lipinski definition) is 3. The van der Waals surface area contributed by atoms with Gasteiger partial charge in [0, 0.05) is 23.4 Å². The second-order valence-corrected chi connectivity index (χ2v) is 7.01. The van der Waals surface area contributed by atoms with E-state index in [0.717, 1.165) is 25.9 Å². The fourth-order valence-corrected chi connectivity index (χ4v) is 3.63. The Morgan fingerprint density at radius 2 is 1.90 bits per heavy atom. The van der Waals surface area contributed by atoms with Crippen LogP contribution in [-0.4, -0.2) is 18.1 Å². The van der Waals surface area contributed by atoms with Gasteiger partial charge in [-0.15, -0.1) is 11.3 Å². The van der Waals surface area contributed by atoms with E-state index in [-0.39, 0.29) is 0 Å². The van der Waals surface area contributed by atoms with Gasteiger partial charge in [0.25, 0.3) is 0 Å². The largest absolute Gasteiger partial charge is 0.316 e. The van der Waals surface area contributed by atoms with E-state index in [1.165, 1.54) is 27.6 Å². The van der Waals surface area contributed by atoms with Gasteiger partial charge in [0.2, 0.25) is 0 Å². The predicted molar refractivity (Wildman–Crippen MR) is 93.0 cm³/mol. The van der Waals surface area contributed by atoms with Crippen molar-refractivity contribution in [3.8, 4) is 11.3 Å². The maximum atomic E-state index is 4.91. The van der Waals surface area contributed by atoms with Gasteiger partial charge in [0.1, 0.15) is 0 Å². The first-order chi connectivity index (χ1) is 10.2. The van der Waals surface area contributed by atoms with Crippen LogP contribution in [0.25, 0.3) is 11.3 Å². The van der Waals surface area contributed by atoms with Crippen molar-refractivity contribution in [2.45, 2.75) is 40.0 Å². The fourth-order valence-electron chi connectivity index (χ4n) is 2.33. The molecule has 3 heteroatoms. The maximum absolute atomic E-state index is 4.91. The van der Waals surface area contributed by atoms with Gasteiger partial charge in [-0.25, -0.2) is 4.98 Å². The van der Waals surface area contributed by atoms with Crippen LogP contribution in [0.2, 0.25) is 0 Å². The van der Waals surface area contributed by atoms with Gasteiger partial charge in [-0.3, -0.25) is 0 Å². The molecule has 0 aliphatic carbocycles. The highest BCUT2D eigenvalue weighted by atomic mass is 32.1. The minimum absolute atomic E-state index is 0.658. The highest BCUT2D eigenvalue weighted by Gasteiger charge is 2.13. The molecule has 0 amide bonds. The molecule has 2 nitrogen and oxygen atoms in total. The van der Waals surface area contributed by atoms with Gasteiger partial charge in [0.15, 0.2) is 0 Å². The van der Waals surface area contributed by atoms with Crippen molar-refractivity contribution in [2.75, 3.05) is 13.1 Å². The van der Waals surface area contributed by atoms with Crippen LogP contribution >= 0.6 is 11.3 Å². The zero-order chi connectivity index (χ0) is 15.1. The maximum Gasteiger partial charge on any atom is 0.0938 e. The van der Waals surface area contributed by atoms with Crippen molar-refractivity contribution >= 4 is 11.3 Å². The van der Waals surface area contributed by atoms with Crippen LogP contribution in [0.4, 0.5) is 0 Å². The van der Waals surface area contributed by atoms with Crippen molar-refractivity contribution in [1.82, 2.24) is 10.3 Å². The van der Waals surface area contributed by atoms with Gasteiger partial charge in [-0.05, 0) is 25.3 Å². The molecule has 1 aromatic carbocycles. The number of benzene rings is 1. The number of nitrogens with zero attached hydrogens (tertiary/aromatic N) is 1. The quantitative estimate of drug-likeness (QED) is 0.724. The third-order valence-corrected chi connectivity index (χ3v) is 4.46. The molecule has 114 valence electrons. The summed E-state index contributed by atoms with van der Waals surface area (Å²) in [5.41, 5.74) is 2.43. The Morgan fingerprint density at radius 3 is 2.57 bits per heavy atom. The standard InChI is InChI=1S/C18H26N2S/c1-4-11-19-12-10-16-18(15-8-6-5-7-9-15)20-17(21-16)13-14(2)3/h5-9,14,19H,4,10-13H2,1-3H3. The van der Waals surface area contributed by atoms with Gasteiger partial charge in [-0.1, -0.05) is 51.1 Å². The summed E-state index contributed by atoms with van der Waals surface area (Å²) in [6.45, 7) is 8.85. The minimum Gasteiger partial charge on any atom is -0.316 e. The Balaban J connectivity index is 2.17. The molecule has 0 saturated carbocycles. The topological polar surface area (TPSA) is 24.9 Å². The van der Waals surface area contributed by atoms with Crippen molar-refractivity contribution in [3.63, 3.8) is 0 Å². The average Bonchev–Trinajstić information content (AvgIpc) is 2.86. The zero-order valence-electron chi connectivity index (χ0n) is 13.4. The Labute approximate surface area is 132 Å². The van der Waals surface area contributed by atoms with E-state index in [0.29, 0.717) is 5.92 Å². The lowest BCUT2D eigenvalue weighted by Crippen LogP contribution is -2.17. The molecule has 1 heterocycles. The molecule has 1 N–H and O–H groups in total. The molecular formula is C18H26N2S. The van der Waals surface area contributed by atoms with Crippen LogP contribution in [0.15, 0.2) is 30.3 Å². The van der Waals surface area contributed by atoms with Crippen LogP contribution < -0.4 is 5.32 Å². The zero-order valence-corrected chi connectivity index (χ0v) is 14.2. The van der Waals surface area contributed by atoms with Crippen molar-refractivity contribution in [3.05, 3.63) is 40.2 Å². The summed E-state index contributed by atoms with van der Waals surface area (Å²) in [6.07, 6.45) is 3.33. The van der Waals surface area contributed by atoms with Crippen LogP contribution in [0, 0.1) is 5.92 Å². The molecule has 0 atom stereocenters. The molecule has 0 radical (unpaired) electrons. The van der Waals surface area contributed by atoms with Crippen LogP contribution in [0.3, 0.4) is 0 Å². The van der Waals surface area contributed by atoms with Crippen LogP contribution in [0.5, 0.6) is 0 Å². The van der Waals surface area contributed by atoms with E-state index >= 15 is 0 Å². The Morgan fingerprint density at radius 1 is 1.14 bits per heavy atom. The summed E-state index contributed by atoms with van der Waals surface area (Å²) in [4.78, 5) is 6.33. The summed E-state index contributed by atoms with van der Waals surface area (Å²) in [7, 11) is 0. The Hall–Kier alpha value is -1.19. The molecule has 2 aromatic rings. The predicted octanol–water partition coefficient (Wildman–Crippen LogP) is 4.55. The van der Waals surface area contributed by atoms with E-state index in [9.17, 15) is 0 Å². The summed E-state index contributed by atoms with van der Waals surface area (Å²) >= 11 is 1.89. The minimum atomic E-state index is 0.658. The second kappa shape index (κ2) is 8.30. The van der Waals surface area contributed by atoms with Crippen molar-refractivity contribution in [1.29, 1.82) is 0 Å². The van der Waals surface area contributed by atoms with Gasteiger partial charge in [0.05, 0.1) is 10.7 Å². The van der Waals surface area contributed by atoms with E-state index < -0.39 is 0 Å². The molecule has 1 aromatic heterocycles. The number of hydrogen-bond donors (Lipinski definition) is 1. The van der Waals surface area contributed by atoms with Crippen LogP contribution in [0.1, 0.15) is 37.1 Å². The number of nitrogens with one attached hydrogen (secondary N) is 1. The number of thiazole rings is 1. The van der Waals surface area contributed by atoms with E-state index in [2.05, 4.69) is 56.4 Å². The van der Waals surface area contributed by atoms with Gasteiger partial charge >= 0.3 is 0 Å². The summed E-state index contributed by atoms with van der Waals surface area (Å²) in [5, 5.41) is 4.76. The molecule has 0 saturated heterocycles. The van der Waals surface area contributed by atoms with E-state index in [1.54, 1.807) is 0 Å². The first kappa shape index (κ1) is 16.2. The monoisotopic (exact) mass is 302 g/mol. The number of rotatable bonds is 8. The van der Waals surface area contributed by atoms with E-state index in [1.807, 2.05) is 11.3 Å². The highest BCUT2D eigenvalue weighted by molar-refractivity contribution is 7.12. The van der Waals surface area contributed by atoms with Crippen molar-refractivity contribution in [2.24, 2.45) is 5.92 Å². The third kappa shape index (κ3) is 4.94. The lowest BCUT2D eigenvalue weighted by molar-refractivity contribution is 0.645. The molecule has 0 fully saturated rings. The first-order valence-electron chi connectivity index (χ1n) is 7.95. The molecule has 2 rings (SSSR count). The molecule has 21 heavy (non-hydrogen) atoms. The molecule has 0 spiro atoms. The molecule has 0 aliphatic heterocycles. The SMILES string of the molecule is CCCNCCc1sc(CC(C)C)nc1-c1ccccc1.